The molecular weight excluding hydrogens is 302 g/mol. The molecule has 1 amide bonds. The Hall–Kier alpha value is -0.620. The maximum absolute atomic E-state index is 11.8. The number of carbonyl (C=O) groups is 1. The van der Waals surface area contributed by atoms with E-state index < -0.39 is 10.1 Å². The van der Waals surface area contributed by atoms with Crippen molar-refractivity contribution in [3.05, 3.63) is 0 Å². The first-order valence-corrected chi connectivity index (χ1v) is 10.2. The van der Waals surface area contributed by atoms with Crippen LogP contribution in [-0.4, -0.2) is 43.1 Å². The molecule has 0 fully saturated rings. The van der Waals surface area contributed by atoms with Crippen molar-refractivity contribution in [1.82, 2.24) is 4.90 Å². The Bertz CT molecular complexity index is 382. The van der Waals surface area contributed by atoms with Gasteiger partial charge in [-0.05, 0) is 12.8 Å². The standard InChI is InChI=1S/C16H33NO4S/c1-3-4-5-6-7-8-9-10-11-13-16(18)17(2)14-12-15-22(19,20)21/h3-15H2,1-2H3,(H,19,20,21). The Morgan fingerprint density at radius 2 is 1.41 bits per heavy atom. The molecule has 0 aromatic carbocycles. The predicted molar refractivity (Wildman–Crippen MR) is 90.5 cm³/mol. The lowest BCUT2D eigenvalue weighted by atomic mass is 10.1. The molecule has 0 radical (unpaired) electrons. The lowest BCUT2D eigenvalue weighted by Crippen LogP contribution is -2.28. The van der Waals surface area contributed by atoms with Crippen molar-refractivity contribution in [2.75, 3.05) is 19.3 Å². The van der Waals surface area contributed by atoms with E-state index in [1.54, 1.807) is 11.9 Å². The molecule has 0 heterocycles. The van der Waals surface area contributed by atoms with Crippen LogP contribution >= 0.6 is 0 Å². The number of rotatable bonds is 14. The predicted octanol–water partition coefficient (Wildman–Crippen LogP) is 3.64. The zero-order chi connectivity index (χ0) is 16.8. The van der Waals surface area contributed by atoms with E-state index in [4.69, 9.17) is 4.55 Å². The van der Waals surface area contributed by atoms with Gasteiger partial charge in [-0.2, -0.15) is 8.42 Å². The molecule has 0 rings (SSSR count). The minimum Gasteiger partial charge on any atom is -0.346 e. The summed E-state index contributed by atoms with van der Waals surface area (Å²) in [5.41, 5.74) is 0. The molecule has 0 aliphatic rings. The molecule has 0 bridgehead atoms. The smallest absolute Gasteiger partial charge is 0.264 e. The summed E-state index contributed by atoms with van der Waals surface area (Å²) in [4.78, 5) is 13.4. The van der Waals surface area contributed by atoms with Crippen LogP contribution in [0.4, 0.5) is 0 Å². The van der Waals surface area contributed by atoms with Crippen LogP contribution in [0.2, 0.25) is 0 Å². The average Bonchev–Trinajstić information content (AvgIpc) is 2.43. The van der Waals surface area contributed by atoms with Gasteiger partial charge in [0.25, 0.3) is 10.1 Å². The number of hydrogen-bond donors (Lipinski definition) is 1. The van der Waals surface area contributed by atoms with E-state index in [0.29, 0.717) is 13.0 Å². The first-order valence-electron chi connectivity index (χ1n) is 8.56. The number of unbranched alkanes of at least 4 members (excludes halogenated alkanes) is 8. The summed E-state index contributed by atoms with van der Waals surface area (Å²) in [6.07, 6.45) is 11.8. The molecule has 6 heteroatoms. The molecule has 22 heavy (non-hydrogen) atoms. The summed E-state index contributed by atoms with van der Waals surface area (Å²) in [6, 6.07) is 0. The van der Waals surface area contributed by atoms with Crippen molar-refractivity contribution in [2.24, 2.45) is 0 Å². The summed E-state index contributed by atoms with van der Waals surface area (Å²) >= 11 is 0. The van der Waals surface area contributed by atoms with Gasteiger partial charge in [0.15, 0.2) is 0 Å². The number of carbonyl (C=O) groups excluding carboxylic acids is 1. The molecule has 0 aromatic heterocycles. The summed E-state index contributed by atoms with van der Waals surface area (Å²) in [5, 5.41) is 0. The topological polar surface area (TPSA) is 74.7 Å². The summed E-state index contributed by atoms with van der Waals surface area (Å²) in [5.74, 6) is -0.235. The Labute approximate surface area is 136 Å². The van der Waals surface area contributed by atoms with Crippen LogP contribution < -0.4 is 0 Å². The van der Waals surface area contributed by atoms with Gasteiger partial charge >= 0.3 is 0 Å². The second-order valence-electron chi connectivity index (χ2n) is 6.03. The Morgan fingerprint density at radius 3 is 1.91 bits per heavy atom. The van der Waals surface area contributed by atoms with Crippen LogP contribution in [0, 0.1) is 0 Å². The van der Waals surface area contributed by atoms with Crippen LogP contribution in [-0.2, 0) is 14.9 Å². The first kappa shape index (κ1) is 21.4. The van der Waals surface area contributed by atoms with Crippen molar-refractivity contribution >= 4 is 16.0 Å². The monoisotopic (exact) mass is 335 g/mol. The fraction of sp³-hybridized carbons (Fsp3) is 0.938. The van der Waals surface area contributed by atoms with Gasteiger partial charge in [-0.1, -0.05) is 58.3 Å². The van der Waals surface area contributed by atoms with Crippen molar-refractivity contribution < 1.29 is 17.8 Å². The number of amides is 1. The molecule has 5 nitrogen and oxygen atoms in total. The third-order valence-corrected chi connectivity index (χ3v) is 4.62. The molecule has 0 saturated carbocycles. The highest BCUT2D eigenvalue weighted by atomic mass is 32.2. The zero-order valence-electron chi connectivity index (χ0n) is 14.2. The van der Waals surface area contributed by atoms with Gasteiger partial charge < -0.3 is 4.90 Å². The second kappa shape index (κ2) is 12.9. The molecule has 132 valence electrons. The normalized spacial score (nSPS) is 11.6. The van der Waals surface area contributed by atoms with Crippen LogP contribution in [0.5, 0.6) is 0 Å². The lowest BCUT2D eigenvalue weighted by Gasteiger charge is -2.16. The minimum atomic E-state index is -3.92. The number of nitrogens with zero attached hydrogens (tertiary/aromatic N) is 1. The first-order chi connectivity index (χ1) is 10.4. The Balaban J connectivity index is 3.48. The van der Waals surface area contributed by atoms with Crippen LogP contribution in [0.15, 0.2) is 0 Å². The van der Waals surface area contributed by atoms with E-state index in [1.165, 1.54) is 44.9 Å². The lowest BCUT2D eigenvalue weighted by molar-refractivity contribution is -0.130. The van der Waals surface area contributed by atoms with E-state index in [-0.39, 0.29) is 18.1 Å². The highest BCUT2D eigenvalue weighted by Gasteiger charge is 2.10. The van der Waals surface area contributed by atoms with Crippen LogP contribution in [0.25, 0.3) is 0 Å². The van der Waals surface area contributed by atoms with Gasteiger partial charge in [0.05, 0.1) is 5.75 Å². The zero-order valence-corrected chi connectivity index (χ0v) is 15.0. The van der Waals surface area contributed by atoms with E-state index in [0.717, 1.165) is 12.8 Å². The molecule has 0 aliphatic carbocycles. The van der Waals surface area contributed by atoms with E-state index in [9.17, 15) is 13.2 Å². The fourth-order valence-electron chi connectivity index (χ4n) is 2.39. The van der Waals surface area contributed by atoms with E-state index in [2.05, 4.69) is 6.92 Å². The van der Waals surface area contributed by atoms with Gasteiger partial charge in [-0.25, -0.2) is 0 Å². The molecule has 1 N–H and O–H groups in total. The molecular formula is C16H33NO4S. The maximum Gasteiger partial charge on any atom is 0.264 e. The van der Waals surface area contributed by atoms with Crippen molar-refractivity contribution in [3.63, 3.8) is 0 Å². The van der Waals surface area contributed by atoms with Gasteiger partial charge in [0.2, 0.25) is 5.91 Å². The Morgan fingerprint density at radius 1 is 0.909 bits per heavy atom. The van der Waals surface area contributed by atoms with Crippen molar-refractivity contribution in [2.45, 2.75) is 77.6 Å². The van der Waals surface area contributed by atoms with Crippen LogP contribution in [0.3, 0.4) is 0 Å². The third kappa shape index (κ3) is 14.3. The van der Waals surface area contributed by atoms with Crippen molar-refractivity contribution in [1.29, 1.82) is 0 Å². The van der Waals surface area contributed by atoms with E-state index in [1.807, 2.05) is 0 Å². The highest BCUT2D eigenvalue weighted by molar-refractivity contribution is 7.85. The SMILES string of the molecule is CCCCCCCCCCCC(=O)N(C)CCCS(=O)(=O)O. The Kier molecular flexibility index (Phi) is 12.5. The van der Waals surface area contributed by atoms with E-state index >= 15 is 0 Å². The van der Waals surface area contributed by atoms with Gasteiger partial charge in [0, 0.05) is 20.0 Å². The molecule has 0 aromatic rings. The maximum atomic E-state index is 11.8. The fourth-order valence-corrected chi connectivity index (χ4v) is 2.88. The molecule has 0 saturated heterocycles. The summed E-state index contributed by atoms with van der Waals surface area (Å²) < 4.78 is 29.8. The van der Waals surface area contributed by atoms with Crippen molar-refractivity contribution in [3.8, 4) is 0 Å². The summed E-state index contributed by atoms with van der Waals surface area (Å²) in [7, 11) is -2.24. The second-order valence-corrected chi connectivity index (χ2v) is 7.61. The molecule has 0 spiro atoms. The molecule has 0 atom stereocenters. The third-order valence-electron chi connectivity index (χ3n) is 3.82. The number of hydrogen-bond acceptors (Lipinski definition) is 3. The van der Waals surface area contributed by atoms with Crippen LogP contribution in [0.1, 0.15) is 77.6 Å². The summed E-state index contributed by atoms with van der Waals surface area (Å²) in [6.45, 7) is 2.59. The average molecular weight is 336 g/mol. The largest absolute Gasteiger partial charge is 0.346 e. The van der Waals surface area contributed by atoms with Gasteiger partial charge in [-0.15, -0.1) is 0 Å². The molecule has 0 unspecified atom stereocenters. The van der Waals surface area contributed by atoms with Gasteiger partial charge in [0.1, 0.15) is 0 Å². The minimum absolute atomic E-state index is 0.0540. The van der Waals surface area contributed by atoms with Gasteiger partial charge in [-0.3, -0.25) is 9.35 Å². The quantitative estimate of drug-likeness (QED) is 0.388. The highest BCUT2D eigenvalue weighted by Crippen LogP contribution is 2.11. The molecule has 0 aliphatic heterocycles.